The molecule has 0 bridgehead atoms. The molecule has 0 spiro atoms. The van der Waals surface area contributed by atoms with Gasteiger partial charge in [0.1, 0.15) is 0 Å². The molecule has 0 saturated carbocycles. The summed E-state index contributed by atoms with van der Waals surface area (Å²) in [6.45, 7) is 2.68. The highest BCUT2D eigenvalue weighted by Gasteiger charge is 2.07. The molecule has 2 aromatic rings. The zero-order chi connectivity index (χ0) is 10.7. The molecule has 0 fully saturated rings. The fourth-order valence-corrected chi connectivity index (χ4v) is 1.42. The van der Waals surface area contributed by atoms with Gasteiger partial charge in [-0.1, -0.05) is 5.16 Å². The lowest BCUT2D eigenvalue weighted by Crippen LogP contribution is -2.12. The third-order valence-electron chi connectivity index (χ3n) is 2.18. The molecule has 80 valence electrons. The summed E-state index contributed by atoms with van der Waals surface area (Å²) >= 11 is 0. The van der Waals surface area contributed by atoms with Crippen LogP contribution in [0.4, 0.5) is 0 Å². The van der Waals surface area contributed by atoms with Gasteiger partial charge in [0.15, 0.2) is 6.33 Å². The minimum atomic E-state index is -0.0183. The molecule has 6 heteroatoms. The van der Waals surface area contributed by atoms with Crippen LogP contribution in [0.1, 0.15) is 24.6 Å². The molecule has 6 nitrogen and oxygen atoms in total. The normalized spacial score (nSPS) is 12.9. The Hall–Kier alpha value is -1.69. The van der Waals surface area contributed by atoms with Gasteiger partial charge >= 0.3 is 0 Å². The third-order valence-corrected chi connectivity index (χ3v) is 2.18. The molecule has 0 aliphatic rings. The summed E-state index contributed by atoms with van der Waals surface area (Å²) in [5, 5.41) is 3.54. The van der Waals surface area contributed by atoms with Crippen molar-refractivity contribution in [3.63, 3.8) is 0 Å². The predicted octanol–water partition coefficient (Wildman–Crippen LogP) is 0.528. The molecule has 0 amide bonds. The highest BCUT2D eigenvalue weighted by Crippen LogP contribution is 2.09. The van der Waals surface area contributed by atoms with Crippen molar-refractivity contribution >= 4 is 0 Å². The van der Waals surface area contributed by atoms with Crippen molar-refractivity contribution in [2.75, 3.05) is 0 Å². The zero-order valence-corrected chi connectivity index (χ0v) is 8.50. The van der Waals surface area contributed by atoms with Gasteiger partial charge in [-0.2, -0.15) is 4.98 Å². The van der Waals surface area contributed by atoms with E-state index in [0.717, 1.165) is 12.2 Å². The number of nitrogens with two attached hydrogens (primary N) is 1. The van der Waals surface area contributed by atoms with Crippen molar-refractivity contribution in [1.82, 2.24) is 19.7 Å². The third kappa shape index (κ3) is 2.21. The van der Waals surface area contributed by atoms with E-state index >= 15 is 0 Å². The molecule has 0 saturated heterocycles. The molecular weight excluding hydrogens is 194 g/mol. The van der Waals surface area contributed by atoms with E-state index in [1.54, 1.807) is 12.5 Å². The summed E-state index contributed by atoms with van der Waals surface area (Å²) < 4.78 is 6.90. The van der Waals surface area contributed by atoms with Gasteiger partial charge in [-0.15, -0.1) is 0 Å². The van der Waals surface area contributed by atoms with Crippen molar-refractivity contribution in [3.8, 4) is 0 Å². The molecular formula is C9H13N5O. The maximum atomic E-state index is 5.80. The molecule has 2 heterocycles. The van der Waals surface area contributed by atoms with Gasteiger partial charge in [0.2, 0.25) is 5.89 Å². The second kappa shape index (κ2) is 4.22. The lowest BCUT2D eigenvalue weighted by molar-refractivity contribution is 0.369. The van der Waals surface area contributed by atoms with Crippen LogP contribution in [0, 0.1) is 0 Å². The molecule has 0 aliphatic carbocycles. The first-order valence-electron chi connectivity index (χ1n) is 4.78. The summed E-state index contributed by atoms with van der Waals surface area (Å²) in [4.78, 5) is 8.01. The van der Waals surface area contributed by atoms with Crippen LogP contribution in [0.25, 0.3) is 0 Å². The van der Waals surface area contributed by atoms with Crippen LogP contribution in [-0.4, -0.2) is 19.7 Å². The first kappa shape index (κ1) is 9.85. The van der Waals surface area contributed by atoms with Gasteiger partial charge in [-0.3, -0.25) is 0 Å². The molecule has 2 aromatic heterocycles. The molecule has 2 rings (SSSR count). The second-order valence-electron chi connectivity index (χ2n) is 3.39. The van der Waals surface area contributed by atoms with E-state index in [4.69, 9.17) is 10.3 Å². The van der Waals surface area contributed by atoms with Crippen LogP contribution in [0.5, 0.6) is 0 Å². The standard InChI is InChI=1S/C9H13N5O/c1-7(10)8-4-11-6-14(8)3-2-9-12-5-13-15-9/h4-7H,2-3,10H2,1H3. The van der Waals surface area contributed by atoms with E-state index in [1.165, 1.54) is 6.33 Å². The van der Waals surface area contributed by atoms with Crippen LogP contribution in [0.2, 0.25) is 0 Å². The first-order chi connectivity index (χ1) is 7.27. The van der Waals surface area contributed by atoms with Crippen LogP contribution in [0.15, 0.2) is 23.4 Å². The number of nitrogens with zero attached hydrogens (tertiary/aromatic N) is 4. The quantitative estimate of drug-likeness (QED) is 0.790. The van der Waals surface area contributed by atoms with Crippen molar-refractivity contribution in [2.45, 2.75) is 25.9 Å². The maximum absolute atomic E-state index is 5.80. The number of aromatic nitrogens is 4. The first-order valence-corrected chi connectivity index (χ1v) is 4.78. The Labute approximate surface area is 87.1 Å². The monoisotopic (exact) mass is 207 g/mol. The number of aryl methyl sites for hydroxylation is 2. The SMILES string of the molecule is CC(N)c1cncn1CCc1ncno1. The average Bonchev–Trinajstić information content (AvgIpc) is 2.86. The van der Waals surface area contributed by atoms with Crippen LogP contribution >= 0.6 is 0 Å². The number of imidazole rings is 1. The van der Waals surface area contributed by atoms with Crippen molar-refractivity contribution in [2.24, 2.45) is 5.73 Å². The second-order valence-corrected chi connectivity index (χ2v) is 3.39. The maximum Gasteiger partial charge on any atom is 0.228 e. The summed E-state index contributed by atoms with van der Waals surface area (Å²) in [6.07, 6.45) is 5.62. The largest absolute Gasteiger partial charge is 0.340 e. The van der Waals surface area contributed by atoms with E-state index in [1.807, 2.05) is 11.5 Å². The highest BCUT2D eigenvalue weighted by atomic mass is 16.5. The van der Waals surface area contributed by atoms with E-state index in [-0.39, 0.29) is 6.04 Å². The molecule has 15 heavy (non-hydrogen) atoms. The summed E-state index contributed by atoms with van der Waals surface area (Å²) in [6, 6.07) is -0.0183. The van der Waals surface area contributed by atoms with Crippen LogP contribution < -0.4 is 5.73 Å². The number of hydrogen-bond acceptors (Lipinski definition) is 5. The molecule has 1 atom stereocenters. The van der Waals surface area contributed by atoms with Gasteiger partial charge in [0, 0.05) is 25.2 Å². The molecule has 2 N–H and O–H groups in total. The zero-order valence-electron chi connectivity index (χ0n) is 8.50. The van der Waals surface area contributed by atoms with Crippen molar-refractivity contribution < 1.29 is 4.52 Å². The average molecular weight is 207 g/mol. The summed E-state index contributed by atoms with van der Waals surface area (Å²) in [7, 11) is 0. The Morgan fingerprint density at radius 3 is 3.13 bits per heavy atom. The number of hydrogen-bond donors (Lipinski definition) is 1. The molecule has 0 aliphatic heterocycles. The van der Waals surface area contributed by atoms with Gasteiger partial charge in [0.25, 0.3) is 0 Å². The van der Waals surface area contributed by atoms with Crippen LogP contribution in [-0.2, 0) is 13.0 Å². The van der Waals surface area contributed by atoms with E-state index < -0.39 is 0 Å². The Morgan fingerprint density at radius 2 is 2.47 bits per heavy atom. The minimum Gasteiger partial charge on any atom is -0.340 e. The fraction of sp³-hybridized carbons (Fsp3) is 0.444. The predicted molar refractivity (Wildman–Crippen MR) is 52.8 cm³/mol. The minimum absolute atomic E-state index is 0.0183. The van der Waals surface area contributed by atoms with E-state index in [0.29, 0.717) is 12.3 Å². The Balaban J connectivity index is 2.02. The van der Waals surface area contributed by atoms with Gasteiger partial charge < -0.3 is 14.8 Å². The number of rotatable bonds is 4. The lowest BCUT2D eigenvalue weighted by atomic mass is 10.2. The molecule has 0 radical (unpaired) electrons. The highest BCUT2D eigenvalue weighted by molar-refractivity contribution is 5.03. The van der Waals surface area contributed by atoms with Crippen LogP contribution in [0.3, 0.4) is 0 Å². The topological polar surface area (TPSA) is 82.8 Å². The van der Waals surface area contributed by atoms with E-state index in [9.17, 15) is 0 Å². The Bertz CT molecular complexity index is 406. The molecule has 1 unspecified atom stereocenters. The summed E-state index contributed by atoms with van der Waals surface area (Å²) in [5.41, 5.74) is 6.80. The fourth-order valence-electron chi connectivity index (χ4n) is 1.42. The molecule has 0 aromatic carbocycles. The van der Waals surface area contributed by atoms with Gasteiger partial charge in [0.05, 0.1) is 12.0 Å². The van der Waals surface area contributed by atoms with Crippen molar-refractivity contribution in [3.05, 3.63) is 30.4 Å². The van der Waals surface area contributed by atoms with E-state index in [2.05, 4.69) is 15.1 Å². The Kier molecular flexibility index (Phi) is 2.77. The van der Waals surface area contributed by atoms with Gasteiger partial charge in [-0.25, -0.2) is 4.98 Å². The Morgan fingerprint density at radius 1 is 1.60 bits per heavy atom. The van der Waals surface area contributed by atoms with Gasteiger partial charge in [-0.05, 0) is 6.92 Å². The smallest absolute Gasteiger partial charge is 0.228 e. The summed E-state index contributed by atoms with van der Waals surface area (Å²) in [5.74, 6) is 0.624. The van der Waals surface area contributed by atoms with Crippen molar-refractivity contribution in [1.29, 1.82) is 0 Å². The lowest BCUT2D eigenvalue weighted by Gasteiger charge is -2.08.